The van der Waals surface area contributed by atoms with Crippen molar-refractivity contribution in [2.24, 2.45) is 11.8 Å². The quantitative estimate of drug-likeness (QED) is 0.676. The molecule has 0 spiro atoms. The molecule has 5 nitrogen and oxygen atoms in total. The Morgan fingerprint density at radius 1 is 1.44 bits per heavy atom. The molecule has 0 aromatic heterocycles. The zero-order chi connectivity index (χ0) is 12.1. The largest absolute Gasteiger partial charge is 0.480 e. The van der Waals surface area contributed by atoms with Gasteiger partial charge in [0.25, 0.3) is 0 Å². The number of carbonyl (C=O) groups excluding carboxylic acids is 1. The number of carboxylic acids is 1. The van der Waals surface area contributed by atoms with Crippen LogP contribution in [0.15, 0.2) is 0 Å². The number of hydrogen-bond acceptors (Lipinski definition) is 2. The molecular weight excluding hydrogens is 208 g/mol. The van der Waals surface area contributed by atoms with Gasteiger partial charge in [-0.2, -0.15) is 0 Å². The van der Waals surface area contributed by atoms with Crippen molar-refractivity contribution >= 4 is 12.0 Å². The van der Waals surface area contributed by atoms with Crippen LogP contribution in [0.25, 0.3) is 0 Å². The first-order valence-corrected chi connectivity index (χ1v) is 5.78. The molecule has 3 N–H and O–H groups in total. The first kappa shape index (κ1) is 12.8. The fraction of sp³-hybridized carbons (Fsp3) is 0.818. The molecule has 1 aliphatic carbocycles. The highest BCUT2D eigenvalue weighted by molar-refractivity contribution is 5.82. The molecule has 2 amide bonds. The fourth-order valence-electron chi connectivity index (χ4n) is 2.06. The van der Waals surface area contributed by atoms with Gasteiger partial charge in [-0.3, -0.25) is 4.79 Å². The third kappa shape index (κ3) is 3.72. The molecule has 3 atom stereocenters. The smallest absolute Gasteiger partial charge is 0.325 e. The third-order valence-electron chi connectivity index (χ3n) is 3.28. The molecule has 0 bridgehead atoms. The molecule has 2 unspecified atom stereocenters. The number of amides is 2. The maximum Gasteiger partial charge on any atom is 0.325 e. The van der Waals surface area contributed by atoms with Crippen molar-refractivity contribution in [2.45, 2.75) is 39.2 Å². The van der Waals surface area contributed by atoms with Gasteiger partial charge < -0.3 is 15.7 Å². The summed E-state index contributed by atoms with van der Waals surface area (Å²) in [6.07, 6.45) is 3.59. The second-order valence-electron chi connectivity index (χ2n) is 4.58. The highest BCUT2D eigenvalue weighted by Crippen LogP contribution is 2.30. The Morgan fingerprint density at radius 2 is 2.12 bits per heavy atom. The lowest BCUT2D eigenvalue weighted by Crippen LogP contribution is -2.45. The van der Waals surface area contributed by atoms with E-state index in [4.69, 9.17) is 5.11 Å². The van der Waals surface area contributed by atoms with Gasteiger partial charge >= 0.3 is 12.0 Å². The van der Waals surface area contributed by atoms with Crippen LogP contribution in [0, 0.1) is 11.8 Å². The molecule has 5 heteroatoms. The number of hydrogen-bond donors (Lipinski definition) is 3. The van der Waals surface area contributed by atoms with E-state index >= 15 is 0 Å². The Hall–Kier alpha value is -1.26. The van der Waals surface area contributed by atoms with Gasteiger partial charge in [0.1, 0.15) is 6.04 Å². The maximum atomic E-state index is 11.3. The van der Waals surface area contributed by atoms with E-state index in [0.29, 0.717) is 18.4 Å². The first-order chi connectivity index (χ1) is 7.50. The summed E-state index contributed by atoms with van der Waals surface area (Å²) in [5.41, 5.74) is 0. The standard InChI is InChI=1S/C11H20N2O3/c1-7-4-3-5-9(7)6-12-11(16)13-8(2)10(14)15/h7-9H,3-6H2,1-2H3,(H,14,15)(H2,12,13,16)/t7?,8-,9?/m1/s1. The summed E-state index contributed by atoms with van der Waals surface area (Å²) < 4.78 is 0. The van der Waals surface area contributed by atoms with Gasteiger partial charge in [0.2, 0.25) is 0 Å². The summed E-state index contributed by atoms with van der Waals surface area (Å²) in [6, 6.07) is -1.24. The van der Waals surface area contributed by atoms with E-state index in [0.717, 1.165) is 6.42 Å². The van der Waals surface area contributed by atoms with E-state index < -0.39 is 18.0 Å². The zero-order valence-corrected chi connectivity index (χ0v) is 9.82. The molecule has 16 heavy (non-hydrogen) atoms. The molecule has 1 rings (SSSR count). The number of carbonyl (C=O) groups is 2. The van der Waals surface area contributed by atoms with Crippen LogP contribution >= 0.6 is 0 Å². The molecule has 0 heterocycles. The van der Waals surface area contributed by atoms with E-state index in [-0.39, 0.29) is 0 Å². The molecule has 1 aliphatic rings. The fourth-order valence-corrected chi connectivity index (χ4v) is 2.06. The van der Waals surface area contributed by atoms with Crippen molar-refractivity contribution in [3.63, 3.8) is 0 Å². The van der Waals surface area contributed by atoms with Crippen molar-refractivity contribution in [3.8, 4) is 0 Å². The molecule has 92 valence electrons. The van der Waals surface area contributed by atoms with Gasteiger partial charge in [0.15, 0.2) is 0 Å². The molecule has 1 fully saturated rings. The van der Waals surface area contributed by atoms with Crippen LogP contribution in [0.4, 0.5) is 4.79 Å². The van der Waals surface area contributed by atoms with E-state index in [1.807, 2.05) is 0 Å². The molecule has 0 aliphatic heterocycles. The summed E-state index contributed by atoms with van der Waals surface area (Å²) in [7, 11) is 0. The topological polar surface area (TPSA) is 78.4 Å². The van der Waals surface area contributed by atoms with Gasteiger partial charge in [0.05, 0.1) is 0 Å². The number of aliphatic carboxylic acids is 1. The maximum absolute atomic E-state index is 11.3. The van der Waals surface area contributed by atoms with Gasteiger partial charge in [-0.25, -0.2) is 4.79 Å². The van der Waals surface area contributed by atoms with Gasteiger partial charge in [-0.1, -0.05) is 19.8 Å². The minimum atomic E-state index is -1.02. The number of carboxylic acid groups (broad SMARTS) is 1. The average molecular weight is 228 g/mol. The molecule has 0 aromatic carbocycles. The van der Waals surface area contributed by atoms with Gasteiger partial charge in [0, 0.05) is 6.54 Å². The summed E-state index contributed by atoms with van der Waals surface area (Å²) in [5.74, 6) is 0.160. The van der Waals surface area contributed by atoms with Crippen LogP contribution in [0.1, 0.15) is 33.1 Å². The summed E-state index contributed by atoms with van der Waals surface area (Å²) in [6.45, 7) is 4.27. The van der Waals surface area contributed by atoms with Crippen molar-refractivity contribution in [1.29, 1.82) is 0 Å². The Morgan fingerprint density at radius 3 is 2.62 bits per heavy atom. The third-order valence-corrected chi connectivity index (χ3v) is 3.28. The van der Waals surface area contributed by atoms with Crippen LogP contribution in [0.3, 0.4) is 0 Å². The predicted molar refractivity (Wildman–Crippen MR) is 60.1 cm³/mol. The lowest BCUT2D eigenvalue weighted by Gasteiger charge is -2.17. The van der Waals surface area contributed by atoms with Crippen molar-refractivity contribution < 1.29 is 14.7 Å². The van der Waals surface area contributed by atoms with E-state index in [1.54, 1.807) is 0 Å². The first-order valence-electron chi connectivity index (χ1n) is 5.78. The van der Waals surface area contributed by atoms with E-state index in [1.165, 1.54) is 19.8 Å². The summed E-state index contributed by atoms with van der Waals surface area (Å²) in [4.78, 5) is 21.8. The molecule has 0 radical (unpaired) electrons. The second kappa shape index (κ2) is 5.72. The highest BCUT2D eigenvalue weighted by Gasteiger charge is 2.23. The normalized spacial score (nSPS) is 26.1. The molecule has 1 saturated carbocycles. The van der Waals surface area contributed by atoms with Gasteiger partial charge in [-0.15, -0.1) is 0 Å². The predicted octanol–water partition coefficient (Wildman–Crippen LogP) is 1.19. The van der Waals surface area contributed by atoms with Crippen LogP contribution < -0.4 is 10.6 Å². The van der Waals surface area contributed by atoms with Crippen LogP contribution in [-0.4, -0.2) is 29.7 Å². The average Bonchev–Trinajstić information content (AvgIpc) is 2.61. The number of rotatable bonds is 4. The lowest BCUT2D eigenvalue weighted by molar-refractivity contribution is -0.138. The SMILES string of the molecule is CC1CCCC1CNC(=O)N[C@H](C)C(=O)O. The molecule has 0 aromatic rings. The van der Waals surface area contributed by atoms with E-state index in [9.17, 15) is 9.59 Å². The Kier molecular flexibility index (Phi) is 4.58. The van der Waals surface area contributed by atoms with Crippen LogP contribution in [-0.2, 0) is 4.79 Å². The zero-order valence-electron chi connectivity index (χ0n) is 9.82. The minimum absolute atomic E-state index is 0.394. The van der Waals surface area contributed by atoms with Crippen molar-refractivity contribution in [2.75, 3.05) is 6.54 Å². The summed E-state index contributed by atoms with van der Waals surface area (Å²) >= 11 is 0. The summed E-state index contributed by atoms with van der Waals surface area (Å²) in [5, 5.41) is 13.7. The number of urea groups is 1. The Labute approximate surface area is 95.6 Å². The minimum Gasteiger partial charge on any atom is -0.480 e. The van der Waals surface area contributed by atoms with Crippen molar-refractivity contribution in [3.05, 3.63) is 0 Å². The van der Waals surface area contributed by atoms with Gasteiger partial charge in [-0.05, 0) is 25.2 Å². The molecule has 0 saturated heterocycles. The second-order valence-corrected chi connectivity index (χ2v) is 4.58. The van der Waals surface area contributed by atoms with Crippen LogP contribution in [0.2, 0.25) is 0 Å². The highest BCUT2D eigenvalue weighted by atomic mass is 16.4. The number of nitrogens with one attached hydrogen (secondary N) is 2. The monoisotopic (exact) mass is 228 g/mol. The lowest BCUT2D eigenvalue weighted by atomic mass is 9.98. The van der Waals surface area contributed by atoms with E-state index in [2.05, 4.69) is 17.6 Å². The Balaban J connectivity index is 2.22. The van der Waals surface area contributed by atoms with Crippen LogP contribution in [0.5, 0.6) is 0 Å². The van der Waals surface area contributed by atoms with Crippen molar-refractivity contribution in [1.82, 2.24) is 10.6 Å². The molecular formula is C11H20N2O3. The Bertz CT molecular complexity index is 268.